The molecule has 0 aromatic carbocycles. The van der Waals surface area contributed by atoms with Crippen LogP contribution in [0.5, 0.6) is 0 Å². The van der Waals surface area contributed by atoms with E-state index >= 15 is 0 Å². The molecule has 1 aliphatic rings. The molecule has 15 heavy (non-hydrogen) atoms. The Morgan fingerprint density at radius 1 is 1.60 bits per heavy atom. The van der Waals surface area contributed by atoms with Gasteiger partial charge >= 0.3 is 0 Å². The second kappa shape index (κ2) is 4.39. The predicted molar refractivity (Wildman–Crippen MR) is 51.8 cm³/mol. The summed E-state index contributed by atoms with van der Waals surface area (Å²) >= 11 is 0. The molecule has 82 valence electrons. The van der Waals surface area contributed by atoms with Crippen LogP contribution in [0, 0.1) is 5.92 Å². The third-order valence-electron chi connectivity index (χ3n) is 2.66. The zero-order valence-corrected chi connectivity index (χ0v) is 8.41. The van der Waals surface area contributed by atoms with Crippen LogP contribution in [-0.2, 0) is 11.3 Å². The lowest BCUT2D eigenvalue weighted by Crippen LogP contribution is -2.32. The van der Waals surface area contributed by atoms with Gasteiger partial charge in [-0.25, -0.2) is 9.67 Å². The van der Waals surface area contributed by atoms with E-state index in [1.54, 1.807) is 4.90 Å². The van der Waals surface area contributed by atoms with E-state index in [0.717, 1.165) is 13.0 Å². The number of hydrogen-bond acceptors (Lipinski definition) is 4. The van der Waals surface area contributed by atoms with Gasteiger partial charge in [0.15, 0.2) is 0 Å². The van der Waals surface area contributed by atoms with Gasteiger partial charge in [-0.1, -0.05) is 0 Å². The van der Waals surface area contributed by atoms with Crippen LogP contribution in [0.25, 0.3) is 0 Å². The van der Waals surface area contributed by atoms with Crippen molar-refractivity contribution < 1.29 is 9.90 Å². The van der Waals surface area contributed by atoms with E-state index < -0.39 is 0 Å². The fourth-order valence-electron chi connectivity index (χ4n) is 1.76. The Bertz CT molecular complexity index is 325. The minimum atomic E-state index is 0.0384. The van der Waals surface area contributed by atoms with Crippen molar-refractivity contribution >= 4 is 5.91 Å². The number of carbonyl (C=O) groups excluding carboxylic acids is 1. The molecule has 1 fully saturated rings. The molecular weight excluding hydrogens is 196 g/mol. The molecule has 0 spiro atoms. The minimum Gasteiger partial charge on any atom is -0.396 e. The SMILES string of the molecule is O=C(Cn1cncn1)N1CC[C@H](CO)C1. The normalized spacial score (nSPS) is 20.9. The highest BCUT2D eigenvalue weighted by molar-refractivity contribution is 5.76. The molecule has 0 unspecified atom stereocenters. The van der Waals surface area contributed by atoms with E-state index in [0.29, 0.717) is 6.54 Å². The largest absolute Gasteiger partial charge is 0.396 e. The van der Waals surface area contributed by atoms with Gasteiger partial charge < -0.3 is 10.0 Å². The number of aliphatic hydroxyl groups is 1. The maximum Gasteiger partial charge on any atom is 0.244 e. The van der Waals surface area contributed by atoms with Crippen LogP contribution >= 0.6 is 0 Å². The van der Waals surface area contributed by atoms with E-state index in [1.165, 1.54) is 17.3 Å². The maximum absolute atomic E-state index is 11.7. The van der Waals surface area contributed by atoms with Crippen molar-refractivity contribution in [3.8, 4) is 0 Å². The topological polar surface area (TPSA) is 71.2 Å². The molecule has 1 aliphatic heterocycles. The Morgan fingerprint density at radius 3 is 3.07 bits per heavy atom. The number of aliphatic hydroxyl groups excluding tert-OH is 1. The molecule has 2 rings (SSSR count). The van der Waals surface area contributed by atoms with Crippen molar-refractivity contribution in [3.05, 3.63) is 12.7 Å². The second-order valence-corrected chi connectivity index (χ2v) is 3.77. The first kappa shape index (κ1) is 10.1. The third-order valence-corrected chi connectivity index (χ3v) is 2.66. The fraction of sp³-hybridized carbons (Fsp3) is 0.667. The Kier molecular flexibility index (Phi) is 2.96. The number of nitrogens with zero attached hydrogens (tertiary/aromatic N) is 4. The standard InChI is InChI=1S/C9H14N4O2/c14-5-8-1-2-12(3-8)9(15)4-13-7-10-6-11-13/h6-8,14H,1-5H2/t8-/m0/s1. The van der Waals surface area contributed by atoms with Crippen LogP contribution < -0.4 is 0 Å². The Hall–Kier alpha value is -1.43. The maximum atomic E-state index is 11.7. The van der Waals surface area contributed by atoms with Crippen molar-refractivity contribution in [3.63, 3.8) is 0 Å². The molecule has 1 aromatic rings. The van der Waals surface area contributed by atoms with Gasteiger partial charge in [0, 0.05) is 25.6 Å². The minimum absolute atomic E-state index is 0.0384. The van der Waals surface area contributed by atoms with E-state index in [4.69, 9.17) is 5.11 Å². The summed E-state index contributed by atoms with van der Waals surface area (Å²) < 4.78 is 1.51. The second-order valence-electron chi connectivity index (χ2n) is 3.77. The Balaban J connectivity index is 1.87. The molecule has 1 atom stereocenters. The van der Waals surface area contributed by atoms with E-state index in [2.05, 4.69) is 10.1 Å². The Labute approximate surface area is 87.5 Å². The number of carbonyl (C=O) groups is 1. The highest BCUT2D eigenvalue weighted by Crippen LogP contribution is 2.15. The van der Waals surface area contributed by atoms with Gasteiger partial charge in [0.1, 0.15) is 19.2 Å². The smallest absolute Gasteiger partial charge is 0.244 e. The molecule has 0 bridgehead atoms. The zero-order valence-electron chi connectivity index (χ0n) is 8.41. The zero-order chi connectivity index (χ0) is 10.7. The number of likely N-dealkylation sites (tertiary alicyclic amines) is 1. The molecule has 1 saturated heterocycles. The Morgan fingerprint density at radius 2 is 2.47 bits per heavy atom. The quantitative estimate of drug-likeness (QED) is 0.703. The van der Waals surface area contributed by atoms with Gasteiger partial charge in [0.05, 0.1) is 0 Å². The average Bonchev–Trinajstić information content (AvgIpc) is 2.86. The summed E-state index contributed by atoms with van der Waals surface area (Å²) in [4.78, 5) is 17.3. The average molecular weight is 210 g/mol. The van der Waals surface area contributed by atoms with Crippen molar-refractivity contribution in [2.45, 2.75) is 13.0 Å². The molecule has 0 aliphatic carbocycles. The van der Waals surface area contributed by atoms with Crippen LogP contribution in [-0.4, -0.2) is 50.4 Å². The van der Waals surface area contributed by atoms with Crippen LogP contribution in [0.2, 0.25) is 0 Å². The summed E-state index contributed by atoms with van der Waals surface area (Å²) in [6.07, 6.45) is 3.82. The van der Waals surface area contributed by atoms with Crippen LogP contribution in [0.4, 0.5) is 0 Å². The van der Waals surface area contributed by atoms with E-state index in [1.807, 2.05) is 0 Å². The van der Waals surface area contributed by atoms with Gasteiger partial charge in [-0.3, -0.25) is 4.79 Å². The lowest BCUT2D eigenvalue weighted by atomic mass is 10.1. The fourth-order valence-corrected chi connectivity index (χ4v) is 1.76. The highest BCUT2D eigenvalue weighted by atomic mass is 16.3. The summed E-state index contributed by atoms with van der Waals surface area (Å²) in [6, 6.07) is 0. The van der Waals surface area contributed by atoms with Crippen LogP contribution in [0.3, 0.4) is 0 Å². The first-order chi connectivity index (χ1) is 7.29. The van der Waals surface area contributed by atoms with Gasteiger partial charge in [-0.15, -0.1) is 0 Å². The summed E-state index contributed by atoms with van der Waals surface area (Å²) in [6.45, 7) is 1.79. The van der Waals surface area contributed by atoms with Gasteiger partial charge in [0.2, 0.25) is 5.91 Å². The number of aromatic nitrogens is 3. The summed E-state index contributed by atoms with van der Waals surface area (Å²) in [5.41, 5.74) is 0. The number of hydrogen-bond donors (Lipinski definition) is 1. The number of rotatable bonds is 3. The van der Waals surface area contributed by atoms with E-state index in [-0.39, 0.29) is 25.0 Å². The summed E-state index contributed by atoms with van der Waals surface area (Å²) in [7, 11) is 0. The third kappa shape index (κ3) is 2.33. The summed E-state index contributed by atoms with van der Waals surface area (Å²) in [5.74, 6) is 0.279. The van der Waals surface area contributed by atoms with Gasteiger partial charge in [0.25, 0.3) is 0 Å². The molecule has 6 heteroatoms. The molecular formula is C9H14N4O2. The molecule has 1 amide bonds. The van der Waals surface area contributed by atoms with Crippen molar-refractivity contribution in [2.75, 3.05) is 19.7 Å². The van der Waals surface area contributed by atoms with Crippen LogP contribution in [0.1, 0.15) is 6.42 Å². The highest BCUT2D eigenvalue weighted by Gasteiger charge is 2.25. The molecule has 2 heterocycles. The number of amides is 1. The van der Waals surface area contributed by atoms with Gasteiger partial charge in [-0.05, 0) is 6.42 Å². The summed E-state index contributed by atoms with van der Waals surface area (Å²) in [5, 5.41) is 12.8. The van der Waals surface area contributed by atoms with Crippen molar-refractivity contribution in [2.24, 2.45) is 5.92 Å². The van der Waals surface area contributed by atoms with Crippen molar-refractivity contribution in [1.29, 1.82) is 0 Å². The molecule has 0 saturated carbocycles. The van der Waals surface area contributed by atoms with Crippen LogP contribution in [0.15, 0.2) is 12.7 Å². The molecule has 1 aromatic heterocycles. The predicted octanol–water partition coefficient (Wildman–Crippen LogP) is -0.881. The molecule has 0 radical (unpaired) electrons. The first-order valence-corrected chi connectivity index (χ1v) is 5.00. The van der Waals surface area contributed by atoms with Gasteiger partial charge in [-0.2, -0.15) is 5.10 Å². The molecule has 6 nitrogen and oxygen atoms in total. The van der Waals surface area contributed by atoms with E-state index in [9.17, 15) is 4.79 Å². The molecule has 1 N–H and O–H groups in total. The monoisotopic (exact) mass is 210 g/mol. The lowest BCUT2D eigenvalue weighted by molar-refractivity contribution is -0.131. The first-order valence-electron chi connectivity index (χ1n) is 5.00. The lowest BCUT2D eigenvalue weighted by Gasteiger charge is -2.15. The van der Waals surface area contributed by atoms with Crippen molar-refractivity contribution in [1.82, 2.24) is 19.7 Å².